The van der Waals surface area contributed by atoms with E-state index in [0.717, 1.165) is 11.1 Å². The van der Waals surface area contributed by atoms with Gasteiger partial charge in [0.05, 0.1) is 25.0 Å². The topological polar surface area (TPSA) is 52.3 Å². The number of ether oxygens (including phenoxy) is 1. The van der Waals surface area contributed by atoms with E-state index in [0.29, 0.717) is 11.4 Å². The van der Waals surface area contributed by atoms with Crippen LogP contribution in [0.15, 0.2) is 36.8 Å². The van der Waals surface area contributed by atoms with Crippen molar-refractivity contribution in [1.29, 1.82) is 0 Å². The molecule has 0 aliphatic heterocycles. The summed E-state index contributed by atoms with van der Waals surface area (Å²) in [6.45, 7) is 0. The maximum atomic E-state index is 5.84. The Kier molecular flexibility index (Phi) is 2.60. The van der Waals surface area contributed by atoms with E-state index in [1.165, 1.54) is 0 Å². The summed E-state index contributed by atoms with van der Waals surface area (Å²) in [5.74, 6) is 0.568. The molecule has 0 aromatic carbocycles. The number of hydrogen-bond donors (Lipinski definition) is 0. The molecule has 3 heterocycles. The fourth-order valence-electron chi connectivity index (χ4n) is 1.81. The van der Waals surface area contributed by atoms with Gasteiger partial charge in [0.1, 0.15) is 5.69 Å². The van der Waals surface area contributed by atoms with Crippen molar-refractivity contribution in [2.45, 2.75) is 0 Å². The normalized spacial score (nSPS) is 10.8. The van der Waals surface area contributed by atoms with Crippen molar-refractivity contribution in [2.75, 3.05) is 7.11 Å². The summed E-state index contributed by atoms with van der Waals surface area (Å²) in [7, 11) is 1.57. The third-order valence-corrected chi connectivity index (χ3v) is 2.81. The molecule has 0 radical (unpaired) electrons. The average Bonchev–Trinajstić information content (AvgIpc) is 2.82. The molecule has 3 aromatic heterocycles. The number of hydrogen-bond acceptors (Lipinski definition) is 4. The first-order chi connectivity index (χ1) is 8.79. The molecular weight excluding hydrogens is 252 g/mol. The summed E-state index contributed by atoms with van der Waals surface area (Å²) in [4.78, 5) is 8.12. The fourth-order valence-corrected chi connectivity index (χ4v) is 1.94. The first-order valence-electron chi connectivity index (χ1n) is 5.29. The lowest BCUT2D eigenvalue weighted by Crippen LogP contribution is -1.93. The van der Waals surface area contributed by atoms with Gasteiger partial charge in [0.2, 0.25) is 5.28 Å². The molecule has 0 fully saturated rings. The van der Waals surface area contributed by atoms with E-state index in [1.807, 2.05) is 24.4 Å². The summed E-state index contributed by atoms with van der Waals surface area (Å²) < 4.78 is 7.02. The number of methoxy groups -OCH3 is 1. The third-order valence-electron chi connectivity index (χ3n) is 2.63. The van der Waals surface area contributed by atoms with Crippen LogP contribution in [0, 0.1) is 0 Å². The Hall–Kier alpha value is -2.14. The zero-order valence-electron chi connectivity index (χ0n) is 9.54. The lowest BCUT2D eigenvalue weighted by molar-refractivity contribution is 0.412. The quantitative estimate of drug-likeness (QED) is 0.664. The molecule has 0 saturated carbocycles. The van der Waals surface area contributed by atoms with Crippen LogP contribution >= 0.6 is 11.6 Å². The highest BCUT2D eigenvalue weighted by molar-refractivity contribution is 6.28. The van der Waals surface area contributed by atoms with Crippen LogP contribution in [-0.4, -0.2) is 26.7 Å². The second-order valence-corrected chi connectivity index (χ2v) is 3.98. The van der Waals surface area contributed by atoms with Gasteiger partial charge in [0.25, 0.3) is 0 Å². The van der Waals surface area contributed by atoms with Gasteiger partial charge in [-0.2, -0.15) is 5.10 Å². The Balaban J connectivity index is 2.29. The molecule has 18 heavy (non-hydrogen) atoms. The molecule has 3 aromatic rings. The van der Waals surface area contributed by atoms with Crippen LogP contribution in [0.5, 0.6) is 5.75 Å². The minimum atomic E-state index is 0.182. The molecule has 0 spiro atoms. The Morgan fingerprint density at radius 3 is 3.00 bits per heavy atom. The minimum absolute atomic E-state index is 0.182. The number of aromatic nitrogens is 4. The van der Waals surface area contributed by atoms with Gasteiger partial charge >= 0.3 is 0 Å². The number of rotatable bonds is 2. The Bertz CT molecular complexity index is 710. The summed E-state index contributed by atoms with van der Waals surface area (Å²) in [5, 5.41) is 4.44. The van der Waals surface area contributed by atoms with Crippen molar-refractivity contribution in [3.05, 3.63) is 42.1 Å². The molecule has 3 rings (SSSR count). The Morgan fingerprint density at radius 1 is 1.28 bits per heavy atom. The highest BCUT2D eigenvalue weighted by Crippen LogP contribution is 2.30. The van der Waals surface area contributed by atoms with E-state index in [-0.39, 0.29) is 5.28 Å². The Labute approximate surface area is 108 Å². The smallest absolute Gasteiger partial charge is 0.223 e. The molecule has 0 amide bonds. The molecule has 6 heteroatoms. The van der Waals surface area contributed by atoms with Gasteiger partial charge in [0, 0.05) is 11.8 Å². The second-order valence-electron chi connectivity index (χ2n) is 3.64. The second kappa shape index (κ2) is 4.27. The monoisotopic (exact) mass is 260 g/mol. The van der Waals surface area contributed by atoms with Gasteiger partial charge in [-0.25, -0.2) is 14.5 Å². The molecular formula is C12H9ClN4O. The largest absolute Gasteiger partial charge is 0.493 e. The number of pyridine rings is 1. The van der Waals surface area contributed by atoms with E-state index >= 15 is 0 Å². The molecule has 0 aliphatic carbocycles. The SMILES string of the molecule is COc1cnc(Cl)nc1-c1cnn2ccccc12. The van der Waals surface area contributed by atoms with E-state index in [2.05, 4.69) is 15.1 Å². The highest BCUT2D eigenvalue weighted by Gasteiger charge is 2.14. The van der Waals surface area contributed by atoms with Crippen LogP contribution in [0.1, 0.15) is 0 Å². The summed E-state index contributed by atoms with van der Waals surface area (Å²) in [6, 6.07) is 5.81. The number of fused-ring (bicyclic) bond motifs is 1. The van der Waals surface area contributed by atoms with Crippen molar-refractivity contribution < 1.29 is 4.74 Å². The number of halogens is 1. The van der Waals surface area contributed by atoms with E-state index in [9.17, 15) is 0 Å². The molecule has 0 saturated heterocycles. The van der Waals surface area contributed by atoms with Gasteiger partial charge < -0.3 is 4.74 Å². The van der Waals surface area contributed by atoms with Crippen molar-refractivity contribution in [3.8, 4) is 17.0 Å². The average molecular weight is 261 g/mol. The standard InChI is InChI=1S/C12H9ClN4O/c1-18-10-7-14-12(13)16-11(10)8-6-15-17-5-3-2-4-9(8)17/h2-7H,1H3. The van der Waals surface area contributed by atoms with Crippen molar-refractivity contribution in [2.24, 2.45) is 0 Å². The molecule has 0 N–H and O–H groups in total. The molecule has 0 aliphatic rings. The predicted octanol–water partition coefficient (Wildman–Crippen LogP) is 2.45. The van der Waals surface area contributed by atoms with Gasteiger partial charge in [-0.1, -0.05) is 6.07 Å². The molecule has 0 atom stereocenters. The Morgan fingerprint density at radius 2 is 2.17 bits per heavy atom. The van der Waals surface area contributed by atoms with E-state index in [4.69, 9.17) is 16.3 Å². The lowest BCUT2D eigenvalue weighted by atomic mass is 10.2. The van der Waals surface area contributed by atoms with Crippen molar-refractivity contribution >= 4 is 17.1 Å². The molecule has 5 nitrogen and oxygen atoms in total. The number of nitrogens with zero attached hydrogens (tertiary/aromatic N) is 4. The molecule has 90 valence electrons. The highest BCUT2D eigenvalue weighted by atomic mass is 35.5. The van der Waals surface area contributed by atoms with Gasteiger partial charge in [0.15, 0.2) is 5.75 Å². The van der Waals surface area contributed by atoms with Gasteiger partial charge in [-0.05, 0) is 23.7 Å². The zero-order valence-corrected chi connectivity index (χ0v) is 10.3. The van der Waals surface area contributed by atoms with Crippen LogP contribution in [0.2, 0.25) is 5.28 Å². The zero-order chi connectivity index (χ0) is 12.5. The van der Waals surface area contributed by atoms with Crippen molar-refractivity contribution in [1.82, 2.24) is 19.6 Å². The van der Waals surface area contributed by atoms with Crippen LogP contribution in [0.3, 0.4) is 0 Å². The summed E-state index contributed by atoms with van der Waals surface area (Å²) >= 11 is 5.84. The minimum Gasteiger partial charge on any atom is -0.493 e. The predicted molar refractivity (Wildman–Crippen MR) is 67.8 cm³/mol. The molecule has 0 unspecified atom stereocenters. The van der Waals surface area contributed by atoms with Gasteiger partial charge in [-0.3, -0.25) is 0 Å². The molecule has 0 bridgehead atoms. The van der Waals surface area contributed by atoms with Crippen LogP contribution in [0.4, 0.5) is 0 Å². The third kappa shape index (κ3) is 1.69. The van der Waals surface area contributed by atoms with Crippen LogP contribution < -0.4 is 4.74 Å². The fraction of sp³-hybridized carbons (Fsp3) is 0.0833. The first kappa shape index (κ1) is 11.0. The van der Waals surface area contributed by atoms with Gasteiger partial charge in [-0.15, -0.1) is 0 Å². The lowest BCUT2D eigenvalue weighted by Gasteiger charge is -2.05. The van der Waals surface area contributed by atoms with Crippen LogP contribution in [-0.2, 0) is 0 Å². The summed E-state index contributed by atoms with van der Waals surface area (Å²) in [5.41, 5.74) is 2.43. The van der Waals surface area contributed by atoms with E-state index in [1.54, 1.807) is 24.0 Å². The first-order valence-corrected chi connectivity index (χ1v) is 5.66. The maximum Gasteiger partial charge on any atom is 0.223 e. The van der Waals surface area contributed by atoms with Crippen LogP contribution in [0.25, 0.3) is 16.8 Å². The maximum absolute atomic E-state index is 5.84. The summed E-state index contributed by atoms with van der Waals surface area (Å²) in [6.07, 6.45) is 5.15. The van der Waals surface area contributed by atoms with E-state index < -0.39 is 0 Å². The van der Waals surface area contributed by atoms with Crippen molar-refractivity contribution in [3.63, 3.8) is 0 Å².